The van der Waals surface area contributed by atoms with Gasteiger partial charge in [-0.05, 0) is 67.4 Å². The molecule has 4 aromatic rings. The summed E-state index contributed by atoms with van der Waals surface area (Å²) in [4.78, 5) is 12.2. The van der Waals surface area contributed by atoms with Crippen LogP contribution in [0.1, 0.15) is 17.0 Å². The highest BCUT2D eigenvalue weighted by Gasteiger charge is 2.12. The Morgan fingerprint density at radius 1 is 0.972 bits per heavy atom. The Hall–Kier alpha value is -4.21. The zero-order valence-corrected chi connectivity index (χ0v) is 20.7. The summed E-state index contributed by atoms with van der Waals surface area (Å²) in [6.45, 7) is 3.66. The van der Waals surface area contributed by atoms with E-state index >= 15 is 0 Å². The largest absolute Gasteiger partial charge is 0.484 e. The lowest BCUT2D eigenvalue weighted by molar-refractivity contribution is -0.123. The number of aryl methyl sites for hydroxylation is 1. The lowest BCUT2D eigenvalue weighted by Gasteiger charge is -2.10. The predicted molar refractivity (Wildman–Crippen MR) is 140 cm³/mol. The molecule has 9 heteroatoms. The zero-order chi connectivity index (χ0) is 25.7. The summed E-state index contributed by atoms with van der Waals surface area (Å²) >= 11 is 0. The van der Waals surface area contributed by atoms with E-state index in [0.29, 0.717) is 5.75 Å². The Morgan fingerprint density at radius 2 is 1.61 bits per heavy atom. The topological polar surface area (TPSA) is 116 Å². The summed E-state index contributed by atoms with van der Waals surface area (Å²) in [6.07, 6.45) is 1.56. The predicted octanol–water partition coefficient (Wildman–Crippen LogP) is 3.94. The number of carbonyl (C=O) groups is 1. The number of hydrogen-bond donors (Lipinski definition) is 2. The molecule has 4 rings (SSSR count). The van der Waals surface area contributed by atoms with E-state index in [2.05, 4.69) is 10.5 Å². The van der Waals surface area contributed by atoms with Gasteiger partial charge < -0.3 is 9.30 Å². The summed E-state index contributed by atoms with van der Waals surface area (Å²) in [5.41, 5.74) is 8.04. The Labute approximate surface area is 210 Å². The van der Waals surface area contributed by atoms with Crippen LogP contribution in [-0.2, 0) is 14.8 Å². The fraction of sp³-hybridized carbons (Fsp3) is 0.111. The van der Waals surface area contributed by atoms with Gasteiger partial charge in [-0.1, -0.05) is 42.5 Å². The van der Waals surface area contributed by atoms with E-state index in [4.69, 9.17) is 9.88 Å². The monoisotopic (exact) mass is 502 g/mol. The first-order chi connectivity index (χ1) is 17.2. The van der Waals surface area contributed by atoms with Gasteiger partial charge in [0.2, 0.25) is 10.0 Å². The SMILES string of the molecule is Cc1cc(/C=N/NC(=O)COc2ccc(-c3ccccc3)cc2)c(C)n1-c1ccc(S(N)(=O)=O)cc1. The molecule has 0 bridgehead atoms. The number of carbonyl (C=O) groups excluding carboxylic acids is 1. The van der Waals surface area contributed by atoms with Crippen molar-refractivity contribution in [2.45, 2.75) is 18.7 Å². The van der Waals surface area contributed by atoms with Gasteiger partial charge in [0, 0.05) is 22.6 Å². The number of primary sulfonamides is 1. The molecule has 0 unspecified atom stereocenters. The number of aromatic nitrogens is 1. The number of benzene rings is 3. The average molecular weight is 503 g/mol. The average Bonchev–Trinajstić information content (AvgIpc) is 3.15. The molecule has 8 nitrogen and oxygen atoms in total. The molecule has 0 saturated heterocycles. The molecule has 0 radical (unpaired) electrons. The van der Waals surface area contributed by atoms with E-state index in [1.165, 1.54) is 12.1 Å². The number of nitrogens with one attached hydrogen (secondary N) is 1. The molecule has 184 valence electrons. The third-order valence-electron chi connectivity index (χ3n) is 5.62. The number of nitrogens with two attached hydrogens (primary N) is 1. The van der Waals surface area contributed by atoms with Crippen molar-refractivity contribution in [1.82, 2.24) is 9.99 Å². The van der Waals surface area contributed by atoms with Crippen LogP contribution in [0, 0.1) is 13.8 Å². The van der Waals surface area contributed by atoms with Gasteiger partial charge >= 0.3 is 0 Å². The summed E-state index contributed by atoms with van der Waals surface area (Å²) in [6, 6.07) is 25.8. The van der Waals surface area contributed by atoms with Crippen molar-refractivity contribution in [3.63, 3.8) is 0 Å². The lowest BCUT2D eigenvalue weighted by Crippen LogP contribution is -2.24. The Balaban J connectivity index is 1.34. The van der Waals surface area contributed by atoms with Gasteiger partial charge in [-0.15, -0.1) is 0 Å². The maximum absolute atomic E-state index is 12.2. The Bertz CT molecular complexity index is 1490. The number of rotatable bonds is 8. The van der Waals surface area contributed by atoms with Crippen molar-refractivity contribution < 1.29 is 17.9 Å². The van der Waals surface area contributed by atoms with Gasteiger partial charge in [-0.2, -0.15) is 5.10 Å². The smallest absolute Gasteiger partial charge is 0.277 e. The first-order valence-electron chi connectivity index (χ1n) is 11.1. The van der Waals surface area contributed by atoms with Crippen LogP contribution in [0.25, 0.3) is 16.8 Å². The normalized spacial score (nSPS) is 11.5. The molecule has 1 aromatic heterocycles. The van der Waals surface area contributed by atoms with Crippen LogP contribution in [0.2, 0.25) is 0 Å². The van der Waals surface area contributed by atoms with Crippen molar-refractivity contribution in [3.05, 3.63) is 102 Å². The van der Waals surface area contributed by atoms with Gasteiger partial charge in [0.15, 0.2) is 6.61 Å². The first kappa shape index (κ1) is 24.9. The number of hydrogen-bond acceptors (Lipinski definition) is 5. The molecule has 1 heterocycles. The molecular weight excluding hydrogens is 476 g/mol. The minimum atomic E-state index is -3.75. The number of hydrazone groups is 1. The van der Waals surface area contributed by atoms with Gasteiger partial charge in [-0.25, -0.2) is 19.0 Å². The van der Waals surface area contributed by atoms with E-state index in [1.54, 1.807) is 18.3 Å². The van der Waals surface area contributed by atoms with Crippen molar-refractivity contribution >= 4 is 22.1 Å². The quantitative estimate of drug-likeness (QED) is 0.280. The summed E-state index contributed by atoms with van der Waals surface area (Å²) < 4.78 is 30.5. The minimum absolute atomic E-state index is 0.0487. The van der Waals surface area contributed by atoms with Crippen molar-refractivity contribution in [3.8, 4) is 22.6 Å². The molecule has 0 saturated carbocycles. The van der Waals surface area contributed by atoms with Crippen molar-refractivity contribution in [1.29, 1.82) is 0 Å². The van der Waals surface area contributed by atoms with E-state index in [-0.39, 0.29) is 17.4 Å². The Kier molecular flexibility index (Phi) is 7.33. The number of sulfonamides is 1. The van der Waals surface area contributed by atoms with Crippen LogP contribution in [0.3, 0.4) is 0 Å². The molecule has 1 amide bonds. The summed E-state index contributed by atoms with van der Waals surface area (Å²) in [7, 11) is -3.75. The van der Waals surface area contributed by atoms with Crippen LogP contribution in [0.15, 0.2) is 94.9 Å². The molecule has 3 N–H and O–H groups in total. The minimum Gasteiger partial charge on any atom is -0.484 e. The van der Waals surface area contributed by atoms with Gasteiger partial charge in [-0.3, -0.25) is 4.79 Å². The van der Waals surface area contributed by atoms with E-state index in [0.717, 1.165) is 33.8 Å². The fourth-order valence-electron chi connectivity index (χ4n) is 3.83. The summed E-state index contributed by atoms with van der Waals surface area (Å²) in [5, 5.41) is 9.22. The van der Waals surface area contributed by atoms with Crippen LogP contribution in [0.5, 0.6) is 5.75 Å². The van der Waals surface area contributed by atoms with Gasteiger partial charge in [0.25, 0.3) is 5.91 Å². The van der Waals surface area contributed by atoms with Crippen LogP contribution < -0.4 is 15.3 Å². The molecule has 36 heavy (non-hydrogen) atoms. The number of ether oxygens (including phenoxy) is 1. The highest BCUT2D eigenvalue weighted by Crippen LogP contribution is 2.22. The van der Waals surface area contributed by atoms with E-state index in [9.17, 15) is 13.2 Å². The van der Waals surface area contributed by atoms with Crippen LogP contribution in [0.4, 0.5) is 0 Å². The molecule has 0 aliphatic carbocycles. The third kappa shape index (κ3) is 5.88. The Morgan fingerprint density at radius 3 is 2.25 bits per heavy atom. The number of nitrogens with zero attached hydrogens (tertiary/aromatic N) is 2. The van der Waals surface area contributed by atoms with Crippen molar-refractivity contribution in [2.75, 3.05) is 6.61 Å². The fourth-order valence-corrected chi connectivity index (χ4v) is 4.35. The summed E-state index contributed by atoms with van der Waals surface area (Å²) in [5.74, 6) is 0.205. The van der Waals surface area contributed by atoms with Crippen LogP contribution in [-0.4, -0.2) is 31.7 Å². The second-order valence-corrected chi connectivity index (χ2v) is 9.73. The first-order valence-corrected chi connectivity index (χ1v) is 12.7. The van der Waals surface area contributed by atoms with Crippen LogP contribution >= 0.6 is 0 Å². The highest BCUT2D eigenvalue weighted by molar-refractivity contribution is 7.89. The number of amides is 1. The molecule has 0 aliphatic rings. The second-order valence-electron chi connectivity index (χ2n) is 8.17. The molecule has 0 atom stereocenters. The standard InChI is InChI=1S/C27H26N4O4S/c1-19-16-23(20(2)31(19)24-10-14-26(15-11-24)36(28,33)34)17-29-30-27(32)18-35-25-12-8-22(9-13-25)21-6-4-3-5-7-21/h3-17H,18H2,1-2H3,(H,30,32)(H2,28,33,34)/b29-17+. The molecule has 0 spiro atoms. The zero-order valence-electron chi connectivity index (χ0n) is 19.9. The highest BCUT2D eigenvalue weighted by atomic mass is 32.2. The second kappa shape index (κ2) is 10.6. The molecular formula is C27H26N4O4S. The molecule has 0 fully saturated rings. The lowest BCUT2D eigenvalue weighted by atomic mass is 10.1. The van der Waals surface area contributed by atoms with Gasteiger partial charge in [0.05, 0.1) is 11.1 Å². The maximum Gasteiger partial charge on any atom is 0.277 e. The maximum atomic E-state index is 12.2. The van der Waals surface area contributed by atoms with E-state index in [1.807, 2.05) is 79.1 Å². The van der Waals surface area contributed by atoms with Crippen molar-refractivity contribution in [2.24, 2.45) is 10.2 Å². The molecule has 0 aliphatic heterocycles. The van der Waals surface area contributed by atoms with E-state index < -0.39 is 10.0 Å². The molecule has 3 aromatic carbocycles. The van der Waals surface area contributed by atoms with Gasteiger partial charge in [0.1, 0.15) is 5.75 Å². The third-order valence-corrected chi connectivity index (χ3v) is 6.55.